The van der Waals surface area contributed by atoms with Gasteiger partial charge in [0.15, 0.2) is 0 Å². The van der Waals surface area contributed by atoms with Gasteiger partial charge in [0.2, 0.25) is 0 Å². The average molecular weight is 211 g/mol. The lowest BCUT2D eigenvalue weighted by Gasteiger charge is -2.18. The molecule has 3 N–H and O–H groups in total. The standard InChI is InChI=1S/C11H17NO3/c1-7(12)11(13)9-6-8(14-2)4-5-10(9)15-3/h4-7,11,13H,12H2,1-3H3/t7?,11-/m1/s1. The summed E-state index contributed by atoms with van der Waals surface area (Å²) >= 11 is 0. The minimum absolute atomic E-state index is 0.356. The van der Waals surface area contributed by atoms with Crippen LogP contribution in [0.25, 0.3) is 0 Å². The fourth-order valence-corrected chi connectivity index (χ4v) is 1.35. The van der Waals surface area contributed by atoms with Gasteiger partial charge in [-0.3, -0.25) is 0 Å². The Labute approximate surface area is 89.6 Å². The molecule has 1 unspecified atom stereocenters. The predicted octanol–water partition coefficient (Wildman–Crippen LogP) is 1.08. The summed E-state index contributed by atoms with van der Waals surface area (Å²) in [5, 5.41) is 9.87. The van der Waals surface area contributed by atoms with Gasteiger partial charge < -0.3 is 20.3 Å². The fourth-order valence-electron chi connectivity index (χ4n) is 1.35. The van der Waals surface area contributed by atoms with Gasteiger partial charge >= 0.3 is 0 Å². The van der Waals surface area contributed by atoms with Crippen LogP contribution in [0, 0.1) is 0 Å². The summed E-state index contributed by atoms with van der Waals surface area (Å²) in [5.74, 6) is 1.28. The molecule has 0 bridgehead atoms. The van der Waals surface area contributed by atoms with Crippen molar-refractivity contribution in [3.63, 3.8) is 0 Å². The minimum Gasteiger partial charge on any atom is -0.497 e. The average Bonchev–Trinajstić information content (AvgIpc) is 2.27. The molecule has 1 aromatic rings. The molecule has 0 amide bonds. The molecular formula is C11H17NO3. The first-order chi connectivity index (χ1) is 7.10. The predicted molar refractivity (Wildman–Crippen MR) is 58.2 cm³/mol. The highest BCUT2D eigenvalue weighted by molar-refractivity contribution is 5.42. The van der Waals surface area contributed by atoms with Gasteiger partial charge in [0.05, 0.1) is 20.3 Å². The first-order valence-corrected chi connectivity index (χ1v) is 4.75. The van der Waals surface area contributed by atoms with Crippen molar-refractivity contribution in [3.8, 4) is 11.5 Å². The van der Waals surface area contributed by atoms with Crippen molar-refractivity contribution in [1.82, 2.24) is 0 Å². The third kappa shape index (κ3) is 2.61. The van der Waals surface area contributed by atoms with Crippen LogP contribution in [0.2, 0.25) is 0 Å². The van der Waals surface area contributed by atoms with Gasteiger partial charge in [-0.25, -0.2) is 0 Å². The monoisotopic (exact) mass is 211 g/mol. The first-order valence-electron chi connectivity index (χ1n) is 4.75. The number of benzene rings is 1. The van der Waals surface area contributed by atoms with Crippen molar-refractivity contribution in [1.29, 1.82) is 0 Å². The largest absolute Gasteiger partial charge is 0.497 e. The Morgan fingerprint density at radius 1 is 1.27 bits per heavy atom. The van der Waals surface area contributed by atoms with Gasteiger partial charge in [0, 0.05) is 11.6 Å². The third-order valence-electron chi connectivity index (χ3n) is 2.25. The molecule has 0 aliphatic heterocycles. The molecule has 0 fully saturated rings. The Kier molecular flexibility index (Phi) is 3.94. The molecule has 15 heavy (non-hydrogen) atoms. The molecule has 0 aromatic heterocycles. The van der Waals surface area contributed by atoms with Gasteiger partial charge in [-0.05, 0) is 25.1 Å². The van der Waals surface area contributed by atoms with Crippen LogP contribution in [-0.4, -0.2) is 25.4 Å². The van der Waals surface area contributed by atoms with Crippen LogP contribution >= 0.6 is 0 Å². The SMILES string of the molecule is COc1ccc(OC)c([C@H](O)C(C)N)c1. The van der Waals surface area contributed by atoms with E-state index in [4.69, 9.17) is 15.2 Å². The quantitative estimate of drug-likeness (QED) is 0.782. The molecule has 2 atom stereocenters. The van der Waals surface area contributed by atoms with Crippen molar-refractivity contribution in [2.24, 2.45) is 5.73 Å². The Morgan fingerprint density at radius 2 is 1.93 bits per heavy atom. The second-order valence-corrected chi connectivity index (χ2v) is 3.41. The summed E-state index contributed by atoms with van der Waals surface area (Å²) in [6, 6.07) is 4.90. The van der Waals surface area contributed by atoms with Gasteiger partial charge in [-0.15, -0.1) is 0 Å². The Balaban J connectivity index is 3.11. The second-order valence-electron chi connectivity index (χ2n) is 3.41. The number of rotatable bonds is 4. The summed E-state index contributed by atoms with van der Waals surface area (Å²) in [6.45, 7) is 1.74. The molecular weight excluding hydrogens is 194 g/mol. The third-order valence-corrected chi connectivity index (χ3v) is 2.25. The van der Waals surface area contributed by atoms with Crippen molar-refractivity contribution < 1.29 is 14.6 Å². The minimum atomic E-state index is -0.755. The maximum absolute atomic E-state index is 9.87. The molecule has 0 radical (unpaired) electrons. The van der Waals surface area contributed by atoms with Crippen molar-refractivity contribution >= 4 is 0 Å². The lowest BCUT2D eigenvalue weighted by atomic mass is 10.0. The van der Waals surface area contributed by atoms with Gasteiger partial charge in [0.1, 0.15) is 11.5 Å². The van der Waals surface area contributed by atoms with E-state index in [0.29, 0.717) is 17.1 Å². The normalized spacial score (nSPS) is 14.5. The molecule has 84 valence electrons. The Morgan fingerprint density at radius 3 is 2.40 bits per heavy atom. The Hall–Kier alpha value is -1.26. The van der Waals surface area contributed by atoms with Crippen LogP contribution in [0.4, 0.5) is 0 Å². The van der Waals surface area contributed by atoms with Crippen molar-refractivity contribution in [2.45, 2.75) is 19.1 Å². The van der Waals surface area contributed by atoms with E-state index < -0.39 is 6.10 Å². The summed E-state index contributed by atoms with van der Waals surface area (Å²) in [5.41, 5.74) is 6.28. The number of methoxy groups -OCH3 is 2. The van der Waals surface area contributed by atoms with E-state index in [1.54, 1.807) is 39.3 Å². The van der Waals surface area contributed by atoms with Gasteiger partial charge in [0.25, 0.3) is 0 Å². The first kappa shape index (κ1) is 11.8. The zero-order valence-corrected chi connectivity index (χ0v) is 9.23. The summed E-state index contributed by atoms with van der Waals surface area (Å²) in [7, 11) is 3.13. The molecule has 4 heteroatoms. The molecule has 0 aliphatic carbocycles. The number of hydrogen-bond acceptors (Lipinski definition) is 4. The smallest absolute Gasteiger partial charge is 0.124 e. The van der Waals surface area contributed by atoms with Crippen LogP contribution in [0.3, 0.4) is 0 Å². The van der Waals surface area contributed by atoms with Crippen molar-refractivity contribution in [3.05, 3.63) is 23.8 Å². The lowest BCUT2D eigenvalue weighted by Crippen LogP contribution is -2.24. The fraction of sp³-hybridized carbons (Fsp3) is 0.455. The van der Waals surface area contributed by atoms with Crippen LogP contribution in [0.5, 0.6) is 11.5 Å². The summed E-state index contributed by atoms with van der Waals surface area (Å²) < 4.78 is 10.2. The highest BCUT2D eigenvalue weighted by Gasteiger charge is 2.17. The second kappa shape index (κ2) is 5.00. The molecule has 0 heterocycles. The van der Waals surface area contributed by atoms with E-state index in [1.165, 1.54) is 0 Å². The molecule has 0 aliphatic rings. The molecule has 0 spiro atoms. The molecule has 0 saturated heterocycles. The van der Waals surface area contributed by atoms with Crippen LogP contribution in [-0.2, 0) is 0 Å². The van der Waals surface area contributed by atoms with E-state index >= 15 is 0 Å². The number of ether oxygens (including phenoxy) is 2. The van der Waals surface area contributed by atoms with Gasteiger partial charge in [-0.2, -0.15) is 0 Å². The Bertz CT molecular complexity index is 326. The number of nitrogens with two attached hydrogens (primary N) is 1. The molecule has 1 aromatic carbocycles. The molecule has 0 saturated carbocycles. The van der Waals surface area contributed by atoms with E-state index in [1.807, 2.05) is 0 Å². The number of hydrogen-bond donors (Lipinski definition) is 2. The van der Waals surface area contributed by atoms with E-state index in [9.17, 15) is 5.11 Å². The van der Waals surface area contributed by atoms with Gasteiger partial charge in [-0.1, -0.05) is 0 Å². The summed E-state index contributed by atoms with van der Waals surface area (Å²) in [4.78, 5) is 0. The topological polar surface area (TPSA) is 64.7 Å². The highest BCUT2D eigenvalue weighted by atomic mass is 16.5. The maximum Gasteiger partial charge on any atom is 0.124 e. The number of aliphatic hydroxyl groups is 1. The van der Waals surface area contributed by atoms with Crippen molar-refractivity contribution in [2.75, 3.05) is 14.2 Å². The van der Waals surface area contributed by atoms with E-state index in [2.05, 4.69) is 0 Å². The lowest BCUT2D eigenvalue weighted by molar-refractivity contribution is 0.149. The van der Waals surface area contributed by atoms with E-state index in [-0.39, 0.29) is 6.04 Å². The highest BCUT2D eigenvalue weighted by Crippen LogP contribution is 2.30. The maximum atomic E-state index is 9.87. The van der Waals surface area contributed by atoms with Crippen LogP contribution in [0.15, 0.2) is 18.2 Å². The molecule has 1 rings (SSSR count). The van der Waals surface area contributed by atoms with Crippen LogP contribution < -0.4 is 15.2 Å². The summed E-state index contributed by atoms with van der Waals surface area (Å²) in [6.07, 6.45) is -0.755. The van der Waals surface area contributed by atoms with E-state index in [0.717, 1.165) is 0 Å². The zero-order chi connectivity index (χ0) is 11.4. The zero-order valence-electron chi connectivity index (χ0n) is 9.23. The number of aliphatic hydroxyl groups excluding tert-OH is 1. The molecule has 4 nitrogen and oxygen atoms in total. The van der Waals surface area contributed by atoms with Crippen LogP contribution in [0.1, 0.15) is 18.6 Å².